The van der Waals surface area contributed by atoms with Crippen molar-refractivity contribution < 1.29 is 14.1 Å². The Balaban J connectivity index is 5.04. The molecule has 0 aliphatic rings. The molecule has 2 unspecified atom stereocenters. The fraction of sp³-hybridized carbons (Fsp3) is 0.852. The van der Waals surface area contributed by atoms with Crippen LogP contribution in [0.15, 0.2) is 24.4 Å². The van der Waals surface area contributed by atoms with Gasteiger partial charge in [0.05, 0.1) is 31.9 Å². The Hall–Kier alpha value is -0.260. The number of nitrogens with zero attached hydrogens (tertiary/aromatic N) is 1. The number of aliphatic hydroxyl groups is 2. The SMILES string of the molecule is C=C(/C=C\C(CC)CNC[C@@](CCC)(CCC(CS)NCS[N+](C)(C)C(O)O)NCCC)NCCC. The lowest BCUT2D eigenvalue weighted by Crippen LogP contribution is -2.54. The second-order valence-electron chi connectivity index (χ2n) is 10.2. The third-order valence-corrected chi connectivity index (χ3v) is 8.15. The number of aliphatic hydroxyl groups excluding tert-OH is 1. The largest absolute Gasteiger partial charge is 0.386 e. The summed E-state index contributed by atoms with van der Waals surface area (Å²) in [5.74, 6) is 1.86. The Bertz CT molecular complexity index is 593. The Kier molecular flexibility index (Phi) is 20.5. The van der Waals surface area contributed by atoms with Gasteiger partial charge in [0, 0.05) is 42.7 Å². The summed E-state index contributed by atoms with van der Waals surface area (Å²) in [6, 6.07) is 0.268. The maximum atomic E-state index is 9.53. The Labute approximate surface area is 232 Å². The van der Waals surface area contributed by atoms with Crippen LogP contribution in [0.25, 0.3) is 0 Å². The monoisotopic (exact) mass is 548 g/mol. The van der Waals surface area contributed by atoms with Gasteiger partial charge >= 0.3 is 6.41 Å². The van der Waals surface area contributed by atoms with Crippen molar-refractivity contribution in [1.82, 2.24) is 21.3 Å². The van der Waals surface area contributed by atoms with Gasteiger partial charge in [-0.3, -0.25) is 5.32 Å². The molecule has 0 saturated carbocycles. The highest BCUT2D eigenvalue weighted by molar-refractivity contribution is 7.93. The molecule has 0 aliphatic heterocycles. The second-order valence-corrected chi connectivity index (χ2v) is 12.1. The van der Waals surface area contributed by atoms with Crippen LogP contribution in [0.1, 0.15) is 72.6 Å². The van der Waals surface area contributed by atoms with Crippen LogP contribution in [0, 0.1) is 5.92 Å². The quantitative estimate of drug-likeness (QED) is 0.0324. The molecule has 36 heavy (non-hydrogen) atoms. The zero-order chi connectivity index (χ0) is 27.5. The van der Waals surface area contributed by atoms with Gasteiger partial charge in [-0.1, -0.05) is 46.8 Å². The molecule has 0 aliphatic carbocycles. The van der Waals surface area contributed by atoms with E-state index in [0.717, 1.165) is 82.6 Å². The molecule has 9 heteroatoms. The molecular formula is C27H58N5O2S2+. The number of rotatable bonds is 24. The van der Waals surface area contributed by atoms with Gasteiger partial charge in [-0.15, -0.1) is 0 Å². The van der Waals surface area contributed by atoms with Crippen LogP contribution in [0.2, 0.25) is 0 Å². The van der Waals surface area contributed by atoms with Crippen LogP contribution in [-0.2, 0) is 0 Å². The van der Waals surface area contributed by atoms with Gasteiger partial charge in [0.1, 0.15) is 0 Å². The first kappa shape index (κ1) is 35.7. The van der Waals surface area contributed by atoms with E-state index in [9.17, 15) is 10.2 Å². The van der Waals surface area contributed by atoms with Crippen molar-refractivity contribution >= 4 is 24.6 Å². The van der Waals surface area contributed by atoms with E-state index >= 15 is 0 Å². The number of thiol groups is 1. The van der Waals surface area contributed by atoms with E-state index in [1.165, 1.54) is 11.9 Å². The van der Waals surface area contributed by atoms with E-state index in [0.29, 0.717) is 11.8 Å². The first-order valence-corrected chi connectivity index (χ1v) is 15.4. The van der Waals surface area contributed by atoms with Gasteiger partial charge in [-0.25, -0.2) is 3.89 Å². The third kappa shape index (κ3) is 15.9. The number of nitrogens with one attached hydrogen (secondary N) is 4. The molecule has 0 rings (SSSR count). The van der Waals surface area contributed by atoms with Crippen LogP contribution in [0.5, 0.6) is 0 Å². The summed E-state index contributed by atoms with van der Waals surface area (Å²) in [4.78, 5) is 0. The summed E-state index contributed by atoms with van der Waals surface area (Å²) < 4.78 is 0.0725. The normalized spacial score (nSPS) is 15.8. The number of allylic oxidation sites excluding steroid dienone is 1. The highest BCUT2D eigenvalue weighted by Crippen LogP contribution is 2.23. The predicted octanol–water partition coefficient (Wildman–Crippen LogP) is 3.83. The molecule has 0 spiro atoms. The number of hydrogen-bond donors (Lipinski definition) is 7. The average molecular weight is 549 g/mol. The van der Waals surface area contributed by atoms with Crippen LogP contribution in [-0.4, -0.2) is 84.0 Å². The van der Waals surface area contributed by atoms with Gasteiger partial charge in [0.15, 0.2) is 0 Å². The maximum absolute atomic E-state index is 9.53. The summed E-state index contributed by atoms with van der Waals surface area (Å²) >= 11 is 6.06. The lowest BCUT2D eigenvalue weighted by atomic mass is 9.86. The summed E-state index contributed by atoms with van der Waals surface area (Å²) in [5.41, 5.74) is 1.03. The van der Waals surface area contributed by atoms with Gasteiger partial charge < -0.3 is 26.2 Å². The van der Waals surface area contributed by atoms with Crippen molar-refractivity contribution in [2.24, 2.45) is 5.92 Å². The minimum absolute atomic E-state index is 0.0473. The topological polar surface area (TPSA) is 88.6 Å². The van der Waals surface area contributed by atoms with E-state index < -0.39 is 6.41 Å². The molecule has 6 N–H and O–H groups in total. The average Bonchev–Trinajstić information content (AvgIpc) is 2.85. The van der Waals surface area contributed by atoms with Crippen molar-refractivity contribution in [3.05, 3.63) is 24.4 Å². The number of hydrogen-bond acceptors (Lipinski definition) is 8. The van der Waals surface area contributed by atoms with Crippen LogP contribution in [0.3, 0.4) is 0 Å². The molecule has 0 bridgehead atoms. The lowest BCUT2D eigenvalue weighted by Gasteiger charge is -2.37. The van der Waals surface area contributed by atoms with Gasteiger partial charge in [-0.05, 0) is 57.1 Å². The first-order valence-electron chi connectivity index (χ1n) is 13.8. The molecule has 0 aromatic carbocycles. The van der Waals surface area contributed by atoms with Crippen LogP contribution >= 0.6 is 24.6 Å². The third-order valence-electron chi connectivity index (χ3n) is 6.56. The van der Waals surface area contributed by atoms with Gasteiger partial charge in [0.2, 0.25) is 0 Å². The van der Waals surface area contributed by atoms with E-state index in [1.807, 2.05) is 0 Å². The van der Waals surface area contributed by atoms with Crippen molar-refractivity contribution in [3.8, 4) is 0 Å². The lowest BCUT2D eigenvalue weighted by molar-refractivity contribution is -0.840. The minimum atomic E-state index is -1.40. The molecule has 0 radical (unpaired) electrons. The van der Waals surface area contributed by atoms with Crippen molar-refractivity contribution in [1.29, 1.82) is 0 Å². The Morgan fingerprint density at radius 2 is 1.78 bits per heavy atom. The molecule has 7 nitrogen and oxygen atoms in total. The molecule has 0 aromatic rings. The smallest absolute Gasteiger partial charge is 0.314 e. The molecule has 214 valence electrons. The van der Waals surface area contributed by atoms with Gasteiger partial charge in [0.25, 0.3) is 0 Å². The molecule has 0 amide bonds. The van der Waals surface area contributed by atoms with Crippen molar-refractivity contribution in [2.45, 2.75) is 90.6 Å². The van der Waals surface area contributed by atoms with E-state index in [1.54, 1.807) is 14.1 Å². The van der Waals surface area contributed by atoms with E-state index in [2.05, 4.69) is 80.3 Å². The van der Waals surface area contributed by atoms with E-state index in [4.69, 9.17) is 0 Å². The van der Waals surface area contributed by atoms with Crippen LogP contribution < -0.4 is 21.3 Å². The summed E-state index contributed by atoms with van der Waals surface area (Å²) in [5, 5.41) is 33.6. The fourth-order valence-electron chi connectivity index (χ4n) is 3.95. The number of quaternary nitrogens is 1. The van der Waals surface area contributed by atoms with Crippen molar-refractivity contribution in [2.75, 3.05) is 51.9 Å². The molecule has 0 aromatic heterocycles. The standard InChI is InChI=1S/C27H57N5O2S2/c1-8-15-27(31-18-10-3,16-14-25(20-35)30-22-36-32(6,7)26(33)34)21-28-19-24(11-4)13-12-23(5)29-17-9-2/h12-13,24-26,28-31,33-34H,5,8-11,14-22H2,1-4,6-7H3/p+1/b13-12-/t24?,25?,27-/m1/s1. The fourth-order valence-corrected chi connectivity index (χ4v) is 5.04. The minimum Gasteiger partial charge on any atom is -0.386 e. The van der Waals surface area contributed by atoms with E-state index in [-0.39, 0.29) is 15.5 Å². The highest BCUT2D eigenvalue weighted by Gasteiger charge is 2.30. The second kappa shape index (κ2) is 20.7. The molecule has 3 atom stereocenters. The Morgan fingerprint density at radius 1 is 1.08 bits per heavy atom. The van der Waals surface area contributed by atoms with Crippen molar-refractivity contribution in [3.63, 3.8) is 0 Å². The molecular weight excluding hydrogens is 490 g/mol. The molecule has 0 fully saturated rings. The summed E-state index contributed by atoms with van der Waals surface area (Å²) in [7, 11) is 3.57. The zero-order valence-electron chi connectivity index (χ0n) is 24.0. The van der Waals surface area contributed by atoms with Gasteiger partial charge in [-0.2, -0.15) is 12.6 Å². The first-order chi connectivity index (χ1) is 17.1. The summed E-state index contributed by atoms with van der Waals surface area (Å²) in [6.07, 6.45) is 10.6. The predicted molar refractivity (Wildman–Crippen MR) is 162 cm³/mol. The molecule has 0 saturated heterocycles. The summed E-state index contributed by atoms with van der Waals surface area (Å²) in [6.45, 7) is 16.9. The van der Waals surface area contributed by atoms with Crippen LogP contribution in [0.4, 0.5) is 0 Å². The molecule has 0 heterocycles. The maximum Gasteiger partial charge on any atom is 0.314 e. The Morgan fingerprint density at radius 3 is 2.33 bits per heavy atom. The highest BCUT2D eigenvalue weighted by atomic mass is 32.2. The zero-order valence-corrected chi connectivity index (χ0v) is 25.7.